The first kappa shape index (κ1) is 15.0. The number of anilines is 1. The van der Waals surface area contributed by atoms with Crippen LogP contribution in [0.4, 0.5) is 5.69 Å². The number of hydrogen-bond donors (Lipinski definition) is 1. The van der Waals surface area contributed by atoms with Crippen molar-refractivity contribution in [1.82, 2.24) is 4.90 Å². The van der Waals surface area contributed by atoms with Crippen LogP contribution >= 0.6 is 0 Å². The molecular formula is C15H26N2O. The summed E-state index contributed by atoms with van der Waals surface area (Å²) in [5, 5.41) is 0. The standard InChI is InChI=1S/C15H26N2O/c1-3-17(12-13-18-4-2)11-5-6-14-7-9-15(16)10-8-14/h7-10H,3-6,11-13,16H2,1-2H3. The Morgan fingerprint density at radius 2 is 1.83 bits per heavy atom. The lowest BCUT2D eigenvalue weighted by Crippen LogP contribution is -2.28. The van der Waals surface area contributed by atoms with Crippen LogP contribution in [0.5, 0.6) is 0 Å². The molecule has 0 aliphatic heterocycles. The Morgan fingerprint density at radius 1 is 1.11 bits per heavy atom. The molecule has 0 fully saturated rings. The summed E-state index contributed by atoms with van der Waals surface area (Å²) in [7, 11) is 0. The first-order valence-corrected chi connectivity index (χ1v) is 6.90. The minimum atomic E-state index is 0.809. The summed E-state index contributed by atoms with van der Waals surface area (Å²) in [5.74, 6) is 0. The zero-order chi connectivity index (χ0) is 13.2. The van der Waals surface area contributed by atoms with E-state index in [1.54, 1.807) is 0 Å². The molecule has 0 saturated heterocycles. The average molecular weight is 250 g/mol. The summed E-state index contributed by atoms with van der Waals surface area (Å²) in [5.41, 5.74) is 7.88. The molecule has 18 heavy (non-hydrogen) atoms. The van der Waals surface area contributed by atoms with Crippen molar-refractivity contribution in [2.45, 2.75) is 26.7 Å². The predicted molar refractivity (Wildman–Crippen MR) is 77.8 cm³/mol. The van der Waals surface area contributed by atoms with Crippen LogP contribution in [0.15, 0.2) is 24.3 Å². The molecule has 0 atom stereocenters. The fourth-order valence-electron chi connectivity index (χ4n) is 1.96. The number of likely N-dealkylation sites (N-methyl/N-ethyl adjacent to an activating group) is 1. The van der Waals surface area contributed by atoms with Gasteiger partial charge in [-0.15, -0.1) is 0 Å². The number of ether oxygens (including phenoxy) is 1. The Labute approximate surface area is 111 Å². The number of rotatable bonds is 9. The summed E-state index contributed by atoms with van der Waals surface area (Å²) >= 11 is 0. The van der Waals surface area contributed by atoms with Crippen LogP contribution in [0.25, 0.3) is 0 Å². The normalized spacial score (nSPS) is 11.1. The molecule has 0 amide bonds. The van der Waals surface area contributed by atoms with E-state index in [2.05, 4.69) is 24.0 Å². The Morgan fingerprint density at radius 3 is 2.44 bits per heavy atom. The molecule has 1 aromatic carbocycles. The van der Waals surface area contributed by atoms with Crippen molar-refractivity contribution in [3.05, 3.63) is 29.8 Å². The highest BCUT2D eigenvalue weighted by Crippen LogP contribution is 2.08. The van der Waals surface area contributed by atoms with E-state index in [1.807, 2.05) is 19.1 Å². The lowest BCUT2D eigenvalue weighted by Gasteiger charge is -2.20. The molecule has 0 bridgehead atoms. The zero-order valence-corrected chi connectivity index (χ0v) is 11.7. The fraction of sp³-hybridized carbons (Fsp3) is 0.600. The third-order valence-corrected chi connectivity index (χ3v) is 3.12. The SMILES string of the molecule is CCOCCN(CC)CCCc1ccc(N)cc1. The third-order valence-electron chi connectivity index (χ3n) is 3.12. The van der Waals surface area contributed by atoms with Crippen molar-refractivity contribution >= 4 is 5.69 Å². The molecule has 0 unspecified atom stereocenters. The van der Waals surface area contributed by atoms with Gasteiger partial charge in [-0.1, -0.05) is 19.1 Å². The zero-order valence-electron chi connectivity index (χ0n) is 11.7. The van der Waals surface area contributed by atoms with Crippen molar-refractivity contribution in [2.24, 2.45) is 0 Å². The van der Waals surface area contributed by atoms with E-state index >= 15 is 0 Å². The third kappa shape index (κ3) is 6.03. The minimum Gasteiger partial charge on any atom is -0.399 e. The number of nitrogens with zero attached hydrogens (tertiary/aromatic N) is 1. The molecule has 0 saturated carbocycles. The fourth-order valence-corrected chi connectivity index (χ4v) is 1.96. The summed E-state index contributed by atoms with van der Waals surface area (Å²) in [6, 6.07) is 8.18. The Kier molecular flexibility index (Phi) is 7.46. The van der Waals surface area contributed by atoms with E-state index in [9.17, 15) is 0 Å². The maximum atomic E-state index is 5.67. The average Bonchev–Trinajstić information content (AvgIpc) is 2.39. The molecule has 1 aromatic rings. The second-order valence-electron chi connectivity index (χ2n) is 4.48. The van der Waals surface area contributed by atoms with Crippen molar-refractivity contribution in [1.29, 1.82) is 0 Å². The molecular weight excluding hydrogens is 224 g/mol. The maximum absolute atomic E-state index is 5.67. The van der Waals surface area contributed by atoms with Gasteiger partial charge in [0.15, 0.2) is 0 Å². The summed E-state index contributed by atoms with van der Waals surface area (Å²) in [6.45, 7) is 9.15. The largest absolute Gasteiger partial charge is 0.399 e. The minimum absolute atomic E-state index is 0.809. The van der Waals surface area contributed by atoms with Crippen molar-refractivity contribution in [2.75, 3.05) is 38.6 Å². The summed E-state index contributed by atoms with van der Waals surface area (Å²) in [4.78, 5) is 2.44. The summed E-state index contributed by atoms with van der Waals surface area (Å²) in [6.07, 6.45) is 2.30. The maximum Gasteiger partial charge on any atom is 0.0593 e. The smallest absolute Gasteiger partial charge is 0.0593 e. The molecule has 0 aromatic heterocycles. The quantitative estimate of drug-likeness (QED) is 0.541. The van der Waals surface area contributed by atoms with Gasteiger partial charge in [0, 0.05) is 18.8 Å². The van der Waals surface area contributed by atoms with E-state index in [0.717, 1.165) is 45.0 Å². The van der Waals surface area contributed by atoms with Crippen molar-refractivity contribution in [3.8, 4) is 0 Å². The number of hydrogen-bond acceptors (Lipinski definition) is 3. The van der Waals surface area contributed by atoms with Crippen LogP contribution in [0.1, 0.15) is 25.8 Å². The van der Waals surface area contributed by atoms with E-state index in [0.29, 0.717) is 0 Å². The van der Waals surface area contributed by atoms with Gasteiger partial charge in [-0.05, 0) is 50.6 Å². The van der Waals surface area contributed by atoms with Crippen LogP contribution in [0.3, 0.4) is 0 Å². The van der Waals surface area contributed by atoms with Crippen LogP contribution in [0.2, 0.25) is 0 Å². The molecule has 2 N–H and O–H groups in total. The molecule has 0 aliphatic carbocycles. The second-order valence-corrected chi connectivity index (χ2v) is 4.48. The molecule has 3 nitrogen and oxygen atoms in total. The van der Waals surface area contributed by atoms with Gasteiger partial charge in [-0.3, -0.25) is 0 Å². The van der Waals surface area contributed by atoms with E-state index in [1.165, 1.54) is 12.0 Å². The highest BCUT2D eigenvalue weighted by Gasteiger charge is 2.02. The number of benzene rings is 1. The highest BCUT2D eigenvalue weighted by molar-refractivity contribution is 5.39. The molecule has 0 aliphatic rings. The monoisotopic (exact) mass is 250 g/mol. The van der Waals surface area contributed by atoms with Gasteiger partial charge in [0.25, 0.3) is 0 Å². The van der Waals surface area contributed by atoms with Crippen LogP contribution in [-0.4, -0.2) is 37.7 Å². The lowest BCUT2D eigenvalue weighted by atomic mass is 10.1. The number of nitrogens with two attached hydrogens (primary N) is 1. The Bertz CT molecular complexity index is 311. The summed E-state index contributed by atoms with van der Waals surface area (Å²) < 4.78 is 5.39. The van der Waals surface area contributed by atoms with E-state index in [4.69, 9.17) is 10.5 Å². The van der Waals surface area contributed by atoms with Crippen LogP contribution in [-0.2, 0) is 11.2 Å². The molecule has 102 valence electrons. The van der Waals surface area contributed by atoms with Crippen molar-refractivity contribution in [3.63, 3.8) is 0 Å². The molecule has 3 heteroatoms. The molecule has 1 rings (SSSR count). The van der Waals surface area contributed by atoms with Gasteiger partial charge in [-0.2, -0.15) is 0 Å². The number of aryl methyl sites for hydroxylation is 1. The Hall–Kier alpha value is -1.06. The van der Waals surface area contributed by atoms with E-state index < -0.39 is 0 Å². The molecule has 0 heterocycles. The van der Waals surface area contributed by atoms with Gasteiger partial charge >= 0.3 is 0 Å². The first-order valence-electron chi connectivity index (χ1n) is 6.90. The van der Waals surface area contributed by atoms with Crippen LogP contribution in [0, 0.1) is 0 Å². The van der Waals surface area contributed by atoms with Gasteiger partial charge in [0.2, 0.25) is 0 Å². The van der Waals surface area contributed by atoms with Crippen LogP contribution < -0.4 is 5.73 Å². The van der Waals surface area contributed by atoms with Gasteiger partial charge < -0.3 is 15.4 Å². The molecule has 0 spiro atoms. The topological polar surface area (TPSA) is 38.5 Å². The van der Waals surface area contributed by atoms with Crippen molar-refractivity contribution < 1.29 is 4.74 Å². The highest BCUT2D eigenvalue weighted by atomic mass is 16.5. The lowest BCUT2D eigenvalue weighted by molar-refractivity contribution is 0.115. The number of nitrogen functional groups attached to an aromatic ring is 1. The second kappa shape index (κ2) is 8.95. The predicted octanol–water partition coefficient (Wildman–Crippen LogP) is 2.56. The van der Waals surface area contributed by atoms with Gasteiger partial charge in [-0.25, -0.2) is 0 Å². The van der Waals surface area contributed by atoms with Gasteiger partial charge in [0.05, 0.1) is 6.61 Å². The van der Waals surface area contributed by atoms with Gasteiger partial charge in [0.1, 0.15) is 0 Å². The Balaban J connectivity index is 2.20. The van der Waals surface area contributed by atoms with E-state index in [-0.39, 0.29) is 0 Å². The first-order chi connectivity index (χ1) is 8.76. The molecule has 0 radical (unpaired) electrons.